The van der Waals surface area contributed by atoms with Gasteiger partial charge >= 0.3 is 12.1 Å². The number of rotatable bonds is 13. The zero-order valence-corrected chi connectivity index (χ0v) is 20.7. The molecule has 12 nitrogen and oxygen atoms in total. The van der Waals surface area contributed by atoms with Crippen LogP contribution in [0, 0.1) is 0 Å². The molecule has 0 fully saturated rings. The van der Waals surface area contributed by atoms with Crippen molar-refractivity contribution in [2.75, 3.05) is 23.7 Å². The number of aliphatic imine (C=N–C) groups is 1. The van der Waals surface area contributed by atoms with Gasteiger partial charge < -0.3 is 37.3 Å². The summed E-state index contributed by atoms with van der Waals surface area (Å²) in [5, 5.41) is 17.8. The van der Waals surface area contributed by atoms with Crippen molar-refractivity contribution in [3.8, 4) is 0 Å². The first-order valence-corrected chi connectivity index (χ1v) is 11.5. The molecule has 1 amide bonds. The van der Waals surface area contributed by atoms with E-state index in [1.807, 2.05) is 30.3 Å². The number of alkyl carbamates (subject to hydrolysis) is 1. The Labute approximate surface area is 208 Å². The summed E-state index contributed by atoms with van der Waals surface area (Å²) in [6, 6.07) is 7.78. The Bertz CT molecular complexity index is 1130. The van der Waals surface area contributed by atoms with Crippen molar-refractivity contribution in [2.45, 2.75) is 57.7 Å². The second kappa shape index (κ2) is 12.6. The van der Waals surface area contributed by atoms with E-state index in [0.717, 1.165) is 5.56 Å². The molecular weight excluding hydrogens is 468 g/mol. The fraction of sp³-hybridized carbons (Fsp3) is 0.458. The molecule has 0 unspecified atom stereocenters. The lowest BCUT2D eigenvalue weighted by atomic mass is 10.0. The predicted molar refractivity (Wildman–Crippen MR) is 138 cm³/mol. The maximum atomic E-state index is 12.4. The molecule has 0 saturated carbocycles. The molecule has 36 heavy (non-hydrogen) atoms. The number of benzene rings is 1. The standard InChI is InChI=1S/C24H34N6O6/c1-24(2,3)36-23(35)29-15(12-14-8-5-4-6-9-14)13-28-17-18(20(32)19(17)31)30-16(21(33)34)10-7-11-27-22(25)26/h4-6,8-9,15-16,28,30H,7,10-13H2,1-3H3,(H,29,35)(H,33,34)(H4,25,26,27)/t15-,16-/m0/s1. The van der Waals surface area contributed by atoms with Gasteiger partial charge in [0.25, 0.3) is 10.9 Å². The number of nitrogens with one attached hydrogen (secondary N) is 3. The number of aliphatic carboxylic acids is 1. The summed E-state index contributed by atoms with van der Waals surface area (Å²) in [7, 11) is 0. The third-order valence-corrected chi connectivity index (χ3v) is 5.04. The number of hydrogen-bond acceptors (Lipinski definition) is 8. The summed E-state index contributed by atoms with van der Waals surface area (Å²) in [4.78, 5) is 52.2. The first-order valence-electron chi connectivity index (χ1n) is 11.5. The average Bonchev–Trinajstić information content (AvgIpc) is 2.78. The van der Waals surface area contributed by atoms with E-state index in [4.69, 9.17) is 16.2 Å². The van der Waals surface area contributed by atoms with E-state index in [2.05, 4.69) is 20.9 Å². The molecule has 196 valence electrons. The zero-order chi connectivity index (χ0) is 26.9. The lowest BCUT2D eigenvalue weighted by Gasteiger charge is -2.25. The van der Waals surface area contributed by atoms with Crippen molar-refractivity contribution in [3.05, 3.63) is 56.3 Å². The van der Waals surface area contributed by atoms with E-state index >= 15 is 0 Å². The Morgan fingerprint density at radius 1 is 1.08 bits per heavy atom. The van der Waals surface area contributed by atoms with Gasteiger partial charge in [0.2, 0.25) is 0 Å². The minimum Gasteiger partial charge on any atom is -0.480 e. The van der Waals surface area contributed by atoms with Crippen LogP contribution in [0.1, 0.15) is 39.2 Å². The highest BCUT2D eigenvalue weighted by Crippen LogP contribution is 2.18. The number of ether oxygens (including phenoxy) is 1. The van der Waals surface area contributed by atoms with Crippen molar-refractivity contribution in [2.24, 2.45) is 16.5 Å². The molecule has 2 aromatic carbocycles. The lowest BCUT2D eigenvalue weighted by molar-refractivity contribution is -0.138. The minimum absolute atomic E-state index is 0.0282. The quantitative estimate of drug-likeness (QED) is 0.0983. The molecule has 0 aliphatic heterocycles. The number of carbonyl (C=O) groups excluding carboxylic acids is 1. The molecule has 2 rings (SSSR count). The highest BCUT2D eigenvalue weighted by Gasteiger charge is 2.27. The molecule has 0 aliphatic carbocycles. The lowest BCUT2D eigenvalue weighted by Crippen LogP contribution is -2.46. The first-order chi connectivity index (χ1) is 16.9. The summed E-state index contributed by atoms with van der Waals surface area (Å²) >= 11 is 0. The average molecular weight is 503 g/mol. The smallest absolute Gasteiger partial charge is 0.407 e. The van der Waals surface area contributed by atoms with Crippen LogP contribution in [0.3, 0.4) is 0 Å². The first kappa shape index (κ1) is 28.1. The number of hydrogen-bond donors (Lipinski definition) is 6. The summed E-state index contributed by atoms with van der Waals surface area (Å²) < 4.78 is 5.34. The molecule has 12 heteroatoms. The Balaban J connectivity index is 2.11. The largest absolute Gasteiger partial charge is 0.480 e. The van der Waals surface area contributed by atoms with Crippen LogP contribution in [0.4, 0.5) is 16.2 Å². The van der Waals surface area contributed by atoms with Crippen molar-refractivity contribution >= 4 is 29.4 Å². The number of carboxylic acid groups (broad SMARTS) is 1. The van der Waals surface area contributed by atoms with Gasteiger partial charge in [0.05, 0.1) is 6.04 Å². The molecule has 0 heterocycles. The Kier molecular flexibility index (Phi) is 9.83. The molecule has 2 atom stereocenters. The maximum Gasteiger partial charge on any atom is 0.407 e. The summed E-state index contributed by atoms with van der Waals surface area (Å²) in [5.74, 6) is -1.29. The van der Waals surface area contributed by atoms with Gasteiger partial charge in [0.1, 0.15) is 23.0 Å². The fourth-order valence-corrected chi connectivity index (χ4v) is 3.41. The number of anilines is 2. The van der Waals surface area contributed by atoms with Gasteiger partial charge in [0, 0.05) is 13.1 Å². The number of amides is 1. The Morgan fingerprint density at radius 3 is 2.31 bits per heavy atom. The number of carbonyl (C=O) groups is 2. The Morgan fingerprint density at radius 2 is 1.72 bits per heavy atom. The number of nitrogens with two attached hydrogens (primary N) is 2. The minimum atomic E-state index is -1.19. The van der Waals surface area contributed by atoms with E-state index in [1.165, 1.54) is 0 Å². The van der Waals surface area contributed by atoms with Gasteiger partial charge in [-0.15, -0.1) is 0 Å². The summed E-state index contributed by atoms with van der Waals surface area (Å²) in [6.07, 6.45) is 0.272. The molecule has 0 aliphatic rings. The van der Waals surface area contributed by atoms with Gasteiger partial charge in [0.15, 0.2) is 5.96 Å². The van der Waals surface area contributed by atoms with Crippen LogP contribution in [0.25, 0.3) is 0 Å². The van der Waals surface area contributed by atoms with Crippen LogP contribution < -0.4 is 38.3 Å². The third kappa shape index (κ3) is 8.93. The zero-order valence-electron chi connectivity index (χ0n) is 20.7. The number of nitrogens with zero attached hydrogens (tertiary/aromatic N) is 1. The van der Waals surface area contributed by atoms with Gasteiger partial charge in [-0.25, -0.2) is 9.59 Å². The molecule has 0 radical (unpaired) electrons. The van der Waals surface area contributed by atoms with Crippen molar-refractivity contribution in [3.63, 3.8) is 0 Å². The van der Waals surface area contributed by atoms with Crippen LogP contribution >= 0.6 is 0 Å². The molecule has 0 spiro atoms. The van der Waals surface area contributed by atoms with Crippen LogP contribution in [0.15, 0.2) is 44.9 Å². The number of guanidine groups is 1. The monoisotopic (exact) mass is 502 g/mol. The van der Waals surface area contributed by atoms with E-state index < -0.39 is 40.6 Å². The van der Waals surface area contributed by atoms with Gasteiger partial charge in [-0.3, -0.25) is 14.6 Å². The fourth-order valence-electron chi connectivity index (χ4n) is 3.41. The Hall–Kier alpha value is -4.09. The number of carboxylic acids is 1. The SMILES string of the molecule is CC(C)(C)OC(=O)N[C@H](CNc1c(N[C@@H](CCCN=C(N)N)C(=O)O)c(=O)c1=O)Cc1ccccc1. The molecule has 8 N–H and O–H groups in total. The second-order valence-corrected chi connectivity index (χ2v) is 9.31. The van der Waals surface area contributed by atoms with E-state index in [-0.39, 0.29) is 36.8 Å². The third-order valence-electron chi connectivity index (χ3n) is 5.04. The molecule has 2 aromatic rings. The topological polar surface area (TPSA) is 198 Å². The highest BCUT2D eigenvalue weighted by molar-refractivity contribution is 5.82. The van der Waals surface area contributed by atoms with Crippen LogP contribution in [-0.4, -0.2) is 53.9 Å². The second-order valence-electron chi connectivity index (χ2n) is 9.31. The predicted octanol–water partition coefficient (Wildman–Crippen LogP) is 0.749. The van der Waals surface area contributed by atoms with Gasteiger partial charge in [-0.1, -0.05) is 30.3 Å². The van der Waals surface area contributed by atoms with Gasteiger partial charge in [-0.05, 0) is 45.6 Å². The van der Waals surface area contributed by atoms with E-state index in [1.54, 1.807) is 20.8 Å². The van der Waals surface area contributed by atoms with Crippen LogP contribution in [0.2, 0.25) is 0 Å². The molecular formula is C24H34N6O6. The van der Waals surface area contributed by atoms with Crippen LogP contribution in [0.5, 0.6) is 0 Å². The van der Waals surface area contributed by atoms with Crippen molar-refractivity contribution in [1.82, 2.24) is 5.32 Å². The van der Waals surface area contributed by atoms with Crippen molar-refractivity contribution < 1.29 is 19.4 Å². The summed E-state index contributed by atoms with van der Waals surface area (Å²) in [6.45, 7) is 5.55. The highest BCUT2D eigenvalue weighted by atomic mass is 16.6. The van der Waals surface area contributed by atoms with Gasteiger partial charge in [-0.2, -0.15) is 0 Å². The molecule has 0 saturated heterocycles. The maximum absolute atomic E-state index is 12.4. The van der Waals surface area contributed by atoms with E-state index in [9.17, 15) is 24.3 Å². The van der Waals surface area contributed by atoms with Crippen molar-refractivity contribution in [1.29, 1.82) is 0 Å². The molecule has 0 bridgehead atoms. The normalized spacial score (nSPS) is 12.9. The van der Waals surface area contributed by atoms with E-state index in [0.29, 0.717) is 12.8 Å². The van der Waals surface area contributed by atoms with Crippen LogP contribution in [-0.2, 0) is 16.0 Å². The molecule has 0 aromatic heterocycles. The summed E-state index contributed by atoms with van der Waals surface area (Å²) in [5.41, 5.74) is 9.06.